The smallest absolute Gasteiger partial charge is 0.0931 e. The minimum Gasteiger partial charge on any atom is -0.396 e. The molecule has 18 heavy (non-hydrogen) atoms. The molecule has 0 aromatic carbocycles. The van der Waals surface area contributed by atoms with Crippen LogP contribution in [-0.4, -0.2) is 41.2 Å². The van der Waals surface area contributed by atoms with Crippen LogP contribution in [0.2, 0.25) is 0 Å². The van der Waals surface area contributed by atoms with Crippen molar-refractivity contribution in [3.63, 3.8) is 0 Å². The first-order chi connectivity index (χ1) is 8.72. The standard InChI is InChI=1S/C14H24N2OS/c1-3-16-6-4-12(5-7-16)8-14-15-13(10-18-14)11(2)9-17/h10-12,17H,3-9H2,1-2H3. The first-order valence-corrected chi connectivity index (χ1v) is 7.88. The first-order valence-electron chi connectivity index (χ1n) is 7.00. The van der Waals surface area contributed by atoms with Crippen LogP contribution in [0.25, 0.3) is 0 Å². The fraction of sp³-hybridized carbons (Fsp3) is 0.786. The Hall–Kier alpha value is -0.450. The molecule has 0 bridgehead atoms. The van der Waals surface area contributed by atoms with Gasteiger partial charge in [0.05, 0.1) is 17.3 Å². The zero-order valence-corrected chi connectivity index (χ0v) is 12.2. The van der Waals surface area contributed by atoms with Crippen molar-refractivity contribution in [2.75, 3.05) is 26.2 Å². The molecule has 2 heterocycles. The van der Waals surface area contributed by atoms with Gasteiger partial charge in [-0.15, -0.1) is 11.3 Å². The molecule has 1 aromatic heterocycles. The van der Waals surface area contributed by atoms with Crippen LogP contribution >= 0.6 is 11.3 Å². The molecule has 0 amide bonds. The first kappa shape index (κ1) is 14.0. The van der Waals surface area contributed by atoms with Crippen LogP contribution in [0.3, 0.4) is 0 Å². The molecule has 0 aliphatic carbocycles. The number of aliphatic hydroxyl groups excluding tert-OH is 1. The van der Waals surface area contributed by atoms with E-state index < -0.39 is 0 Å². The highest BCUT2D eigenvalue weighted by molar-refractivity contribution is 7.09. The molecule has 3 nitrogen and oxygen atoms in total. The van der Waals surface area contributed by atoms with E-state index in [0.717, 1.165) is 18.0 Å². The summed E-state index contributed by atoms with van der Waals surface area (Å²) in [4.78, 5) is 7.18. The summed E-state index contributed by atoms with van der Waals surface area (Å²) in [6.07, 6.45) is 3.73. The third-order valence-electron chi connectivity index (χ3n) is 3.97. The van der Waals surface area contributed by atoms with Gasteiger partial charge in [0.2, 0.25) is 0 Å². The summed E-state index contributed by atoms with van der Waals surface area (Å²) < 4.78 is 0. The zero-order chi connectivity index (χ0) is 13.0. The van der Waals surface area contributed by atoms with Crippen LogP contribution in [0.5, 0.6) is 0 Å². The summed E-state index contributed by atoms with van der Waals surface area (Å²) in [5, 5.41) is 12.5. The minimum atomic E-state index is 0.178. The number of piperidine rings is 1. The number of hydrogen-bond donors (Lipinski definition) is 1. The lowest BCUT2D eigenvalue weighted by atomic mass is 9.94. The molecule has 1 aliphatic rings. The van der Waals surface area contributed by atoms with E-state index in [0.29, 0.717) is 0 Å². The van der Waals surface area contributed by atoms with Crippen molar-refractivity contribution in [1.82, 2.24) is 9.88 Å². The number of likely N-dealkylation sites (tertiary alicyclic amines) is 1. The van der Waals surface area contributed by atoms with Gasteiger partial charge in [0.25, 0.3) is 0 Å². The molecule has 2 rings (SSSR count). The SMILES string of the molecule is CCN1CCC(Cc2nc(C(C)CO)cs2)CC1. The Bertz CT molecular complexity index is 358. The highest BCUT2D eigenvalue weighted by Crippen LogP contribution is 2.25. The van der Waals surface area contributed by atoms with Crippen molar-refractivity contribution in [1.29, 1.82) is 0 Å². The van der Waals surface area contributed by atoms with Crippen molar-refractivity contribution < 1.29 is 5.11 Å². The molecule has 1 fully saturated rings. The Balaban J connectivity index is 1.85. The summed E-state index contributed by atoms with van der Waals surface area (Å²) in [7, 11) is 0. The van der Waals surface area contributed by atoms with Gasteiger partial charge in [-0.2, -0.15) is 0 Å². The Morgan fingerprint density at radius 1 is 1.50 bits per heavy atom. The van der Waals surface area contributed by atoms with Gasteiger partial charge < -0.3 is 10.0 Å². The molecule has 0 spiro atoms. The fourth-order valence-corrected chi connectivity index (χ4v) is 3.52. The van der Waals surface area contributed by atoms with E-state index >= 15 is 0 Å². The maximum absolute atomic E-state index is 9.13. The Morgan fingerprint density at radius 2 is 2.22 bits per heavy atom. The summed E-state index contributed by atoms with van der Waals surface area (Å²) in [6, 6.07) is 0. The second-order valence-corrected chi connectivity index (χ2v) is 6.27. The third kappa shape index (κ3) is 3.53. The van der Waals surface area contributed by atoms with Crippen molar-refractivity contribution >= 4 is 11.3 Å². The third-order valence-corrected chi connectivity index (χ3v) is 4.86. The molecule has 4 heteroatoms. The van der Waals surface area contributed by atoms with E-state index in [1.807, 2.05) is 6.92 Å². The van der Waals surface area contributed by atoms with E-state index in [-0.39, 0.29) is 12.5 Å². The minimum absolute atomic E-state index is 0.178. The van der Waals surface area contributed by atoms with Crippen molar-refractivity contribution in [3.8, 4) is 0 Å². The molecule has 1 unspecified atom stereocenters. The number of aromatic nitrogens is 1. The van der Waals surface area contributed by atoms with Crippen LogP contribution < -0.4 is 0 Å². The summed E-state index contributed by atoms with van der Waals surface area (Å²) >= 11 is 1.76. The van der Waals surface area contributed by atoms with Crippen LogP contribution in [0, 0.1) is 5.92 Å². The van der Waals surface area contributed by atoms with Crippen molar-refractivity contribution in [2.45, 2.75) is 39.0 Å². The average Bonchev–Trinajstić information content (AvgIpc) is 2.87. The Labute approximate surface area is 114 Å². The zero-order valence-electron chi connectivity index (χ0n) is 11.4. The number of rotatable bonds is 5. The van der Waals surface area contributed by atoms with Crippen molar-refractivity contribution in [3.05, 3.63) is 16.1 Å². The fourth-order valence-electron chi connectivity index (χ4n) is 2.49. The largest absolute Gasteiger partial charge is 0.396 e. The second kappa shape index (κ2) is 6.64. The normalized spacial score (nSPS) is 20.2. The van der Waals surface area contributed by atoms with E-state index in [1.165, 1.54) is 37.5 Å². The molecule has 1 aromatic rings. The highest BCUT2D eigenvalue weighted by atomic mass is 32.1. The monoisotopic (exact) mass is 268 g/mol. The van der Waals surface area contributed by atoms with Gasteiger partial charge in [-0.25, -0.2) is 4.98 Å². The van der Waals surface area contributed by atoms with Crippen LogP contribution in [0.1, 0.15) is 43.3 Å². The van der Waals surface area contributed by atoms with Crippen LogP contribution in [-0.2, 0) is 6.42 Å². The highest BCUT2D eigenvalue weighted by Gasteiger charge is 2.20. The molecule has 1 saturated heterocycles. The average molecular weight is 268 g/mol. The summed E-state index contributed by atoms with van der Waals surface area (Å²) in [5.41, 5.74) is 1.06. The molecule has 1 N–H and O–H groups in total. The van der Waals surface area contributed by atoms with Gasteiger partial charge in [-0.05, 0) is 38.4 Å². The number of aliphatic hydroxyl groups is 1. The topological polar surface area (TPSA) is 36.4 Å². The molecule has 1 atom stereocenters. The number of nitrogens with zero attached hydrogens (tertiary/aromatic N) is 2. The van der Waals surface area contributed by atoms with Gasteiger partial charge in [-0.3, -0.25) is 0 Å². The number of thiazole rings is 1. The van der Waals surface area contributed by atoms with E-state index in [4.69, 9.17) is 5.11 Å². The van der Waals surface area contributed by atoms with E-state index in [9.17, 15) is 0 Å². The quantitative estimate of drug-likeness (QED) is 0.891. The second-order valence-electron chi connectivity index (χ2n) is 5.33. The molecule has 1 aliphatic heterocycles. The Kier molecular flexibility index (Phi) is 5.15. The molecular formula is C14H24N2OS. The Morgan fingerprint density at radius 3 is 2.83 bits per heavy atom. The van der Waals surface area contributed by atoms with Gasteiger partial charge >= 0.3 is 0 Å². The van der Waals surface area contributed by atoms with Gasteiger partial charge in [-0.1, -0.05) is 13.8 Å². The predicted octanol–water partition coefficient (Wildman–Crippen LogP) is 2.51. The lowest BCUT2D eigenvalue weighted by Gasteiger charge is -2.30. The molecule has 0 radical (unpaired) electrons. The maximum Gasteiger partial charge on any atom is 0.0931 e. The van der Waals surface area contributed by atoms with Gasteiger partial charge in [0, 0.05) is 17.7 Å². The maximum atomic E-state index is 9.13. The van der Waals surface area contributed by atoms with Gasteiger partial charge in [0.1, 0.15) is 0 Å². The lowest BCUT2D eigenvalue weighted by molar-refractivity contribution is 0.192. The summed E-state index contributed by atoms with van der Waals surface area (Å²) in [6.45, 7) is 8.13. The molecule has 102 valence electrons. The van der Waals surface area contributed by atoms with Crippen LogP contribution in [0.15, 0.2) is 5.38 Å². The lowest BCUT2D eigenvalue weighted by Crippen LogP contribution is -2.34. The van der Waals surface area contributed by atoms with Crippen molar-refractivity contribution in [2.24, 2.45) is 5.92 Å². The van der Waals surface area contributed by atoms with Gasteiger partial charge in [0.15, 0.2) is 0 Å². The molecule has 0 saturated carbocycles. The van der Waals surface area contributed by atoms with E-state index in [2.05, 4.69) is 22.2 Å². The molecular weight excluding hydrogens is 244 g/mol. The predicted molar refractivity (Wildman–Crippen MR) is 76.2 cm³/mol. The van der Waals surface area contributed by atoms with Crippen LogP contribution in [0.4, 0.5) is 0 Å². The summed E-state index contributed by atoms with van der Waals surface area (Å²) in [5.74, 6) is 0.980. The number of hydrogen-bond acceptors (Lipinski definition) is 4. The van der Waals surface area contributed by atoms with E-state index in [1.54, 1.807) is 11.3 Å².